The summed E-state index contributed by atoms with van der Waals surface area (Å²) in [5, 5.41) is 11.0. The van der Waals surface area contributed by atoms with Crippen LogP contribution in [0.3, 0.4) is 0 Å². The summed E-state index contributed by atoms with van der Waals surface area (Å²) in [4.78, 5) is 12.7. The van der Waals surface area contributed by atoms with Gasteiger partial charge in [0.05, 0.1) is 4.92 Å². The summed E-state index contributed by atoms with van der Waals surface area (Å²) in [6.07, 6.45) is 0. The Balaban J connectivity index is 2.09. The van der Waals surface area contributed by atoms with Gasteiger partial charge in [0, 0.05) is 19.2 Å². The molecule has 0 spiro atoms. The van der Waals surface area contributed by atoms with Crippen molar-refractivity contribution in [3.8, 4) is 0 Å². The minimum atomic E-state index is -0.435. The second-order valence-corrected chi connectivity index (χ2v) is 4.91. The molecule has 2 aromatic carbocycles. The molecule has 0 saturated carbocycles. The van der Waals surface area contributed by atoms with Crippen LogP contribution in [-0.2, 0) is 13.1 Å². The zero-order valence-corrected chi connectivity index (χ0v) is 11.8. The van der Waals surface area contributed by atoms with Crippen LogP contribution in [0, 0.1) is 10.1 Å². The molecule has 0 amide bonds. The van der Waals surface area contributed by atoms with E-state index in [9.17, 15) is 10.1 Å². The number of nitro groups is 1. The molecule has 6 nitrogen and oxygen atoms in total. The molecule has 2 rings (SSSR count). The van der Waals surface area contributed by atoms with Gasteiger partial charge in [-0.25, -0.2) is 0 Å². The fourth-order valence-electron chi connectivity index (χ4n) is 2.21. The van der Waals surface area contributed by atoms with Gasteiger partial charge in [-0.1, -0.05) is 36.4 Å². The Hall–Kier alpha value is -2.44. The average molecular weight is 286 g/mol. The van der Waals surface area contributed by atoms with Crippen molar-refractivity contribution in [3.63, 3.8) is 0 Å². The van der Waals surface area contributed by atoms with Crippen molar-refractivity contribution in [2.45, 2.75) is 13.1 Å². The van der Waals surface area contributed by atoms with Crippen molar-refractivity contribution < 1.29 is 4.92 Å². The van der Waals surface area contributed by atoms with Gasteiger partial charge in [-0.3, -0.25) is 20.9 Å². The van der Waals surface area contributed by atoms with Crippen LogP contribution in [-0.4, -0.2) is 16.9 Å². The number of hydrogen-bond acceptors (Lipinski definition) is 5. The lowest BCUT2D eigenvalue weighted by Gasteiger charge is -2.17. The zero-order valence-electron chi connectivity index (χ0n) is 11.8. The summed E-state index contributed by atoms with van der Waals surface area (Å²) in [5.74, 6) is 5.28. The van der Waals surface area contributed by atoms with E-state index in [1.807, 2.05) is 31.3 Å². The molecule has 2 aromatic rings. The van der Waals surface area contributed by atoms with Crippen LogP contribution in [0.15, 0.2) is 48.5 Å². The topological polar surface area (TPSA) is 84.4 Å². The van der Waals surface area contributed by atoms with Crippen LogP contribution in [0.5, 0.6) is 0 Å². The lowest BCUT2D eigenvalue weighted by Crippen LogP contribution is -2.17. The minimum Gasteiger partial charge on any atom is -0.318 e. The highest BCUT2D eigenvalue weighted by atomic mass is 16.6. The maximum Gasteiger partial charge on any atom is 0.293 e. The highest BCUT2D eigenvalue weighted by Gasteiger charge is 2.14. The second-order valence-electron chi connectivity index (χ2n) is 4.91. The summed E-state index contributed by atoms with van der Waals surface area (Å²) in [6.45, 7) is 1.41. The Morgan fingerprint density at radius 3 is 2.43 bits per heavy atom. The maximum absolute atomic E-state index is 11.0. The molecule has 0 aliphatic rings. The third kappa shape index (κ3) is 4.01. The van der Waals surface area contributed by atoms with Gasteiger partial charge >= 0.3 is 0 Å². The van der Waals surface area contributed by atoms with E-state index in [1.165, 1.54) is 5.56 Å². The summed E-state index contributed by atoms with van der Waals surface area (Å²) < 4.78 is 0. The molecule has 3 N–H and O–H groups in total. The molecule has 0 aliphatic heterocycles. The van der Waals surface area contributed by atoms with Gasteiger partial charge < -0.3 is 5.43 Å². The van der Waals surface area contributed by atoms with Crippen LogP contribution in [0.2, 0.25) is 0 Å². The van der Waals surface area contributed by atoms with Crippen LogP contribution in [0.25, 0.3) is 0 Å². The molecular formula is C15H18N4O2. The van der Waals surface area contributed by atoms with E-state index in [0.717, 1.165) is 12.1 Å². The average Bonchev–Trinajstić information content (AvgIpc) is 2.48. The van der Waals surface area contributed by atoms with Crippen LogP contribution in [0.4, 0.5) is 11.4 Å². The fourth-order valence-corrected chi connectivity index (χ4v) is 2.21. The summed E-state index contributed by atoms with van der Waals surface area (Å²) in [7, 11) is 1.98. The number of hydrazine groups is 1. The van der Waals surface area contributed by atoms with E-state index in [0.29, 0.717) is 12.2 Å². The van der Waals surface area contributed by atoms with Gasteiger partial charge in [-0.2, -0.15) is 0 Å². The smallest absolute Gasteiger partial charge is 0.293 e. The quantitative estimate of drug-likeness (QED) is 0.484. The Labute approximate surface area is 123 Å². The summed E-state index contributed by atoms with van der Waals surface area (Å²) >= 11 is 0. The molecule has 0 bridgehead atoms. The van der Waals surface area contributed by atoms with E-state index < -0.39 is 4.92 Å². The van der Waals surface area contributed by atoms with E-state index in [2.05, 4.69) is 22.5 Å². The molecule has 6 heteroatoms. The third-order valence-electron chi connectivity index (χ3n) is 3.16. The number of anilines is 1. The van der Waals surface area contributed by atoms with E-state index >= 15 is 0 Å². The van der Waals surface area contributed by atoms with Crippen molar-refractivity contribution in [2.75, 3.05) is 12.5 Å². The molecule has 0 fully saturated rings. The number of hydrogen-bond donors (Lipinski definition) is 2. The first-order chi connectivity index (χ1) is 10.1. The first-order valence-electron chi connectivity index (χ1n) is 6.56. The van der Waals surface area contributed by atoms with Crippen molar-refractivity contribution in [1.82, 2.24) is 4.90 Å². The van der Waals surface area contributed by atoms with E-state index in [4.69, 9.17) is 5.84 Å². The largest absolute Gasteiger partial charge is 0.318 e. The van der Waals surface area contributed by atoms with Gasteiger partial charge in [0.25, 0.3) is 5.69 Å². The number of nitro benzene ring substituents is 1. The number of nitrogens with two attached hydrogens (primary N) is 1. The highest BCUT2D eigenvalue weighted by molar-refractivity contribution is 5.61. The summed E-state index contributed by atoms with van der Waals surface area (Å²) in [5.41, 5.74) is 4.72. The van der Waals surface area contributed by atoms with Crippen molar-refractivity contribution in [1.29, 1.82) is 0 Å². The highest BCUT2D eigenvalue weighted by Crippen LogP contribution is 2.25. The SMILES string of the molecule is CN(Cc1ccccc1)Cc1ccc(NN)c([N+](=O)[O-])c1. The van der Waals surface area contributed by atoms with Crippen LogP contribution in [0.1, 0.15) is 11.1 Å². The lowest BCUT2D eigenvalue weighted by molar-refractivity contribution is -0.384. The molecule has 0 aliphatic carbocycles. The van der Waals surface area contributed by atoms with Crippen molar-refractivity contribution >= 4 is 11.4 Å². The van der Waals surface area contributed by atoms with Gasteiger partial charge in [-0.15, -0.1) is 0 Å². The summed E-state index contributed by atoms with van der Waals surface area (Å²) in [6, 6.07) is 15.1. The Bertz CT molecular complexity index is 616. The molecule has 0 saturated heterocycles. The molecule has 0 unspecified atom stereocenters. The first kappa shape index (κ1) is 15.0. The Morgan fingerprint density at radius 1 is 1.14 bits per heavy atom. The van der Waals surface area contributed by atoms with E-state index in [1.54, 1.807) is 12.1 Å². The fraction of sp³-hybridized carbons (Fsp3) is 0.200. The van der Waals surface area contributed by atoms with Gasteiger partial charge in [0.2, 0.25) is 0 Å². The van der Waals surface area contributed by atoms with Crippen molar-refractivity contribution in [2.24, 2.45) is 5.84 Å². The molecule has 0 radical (unpaired) electrons. The molecule has 0 atom stereocenters. The standard InChI is InChI=1S/C15H18N4O2/c1-18(10-12-5-3-2-4-6-12)11-13-7-8-14(17-16)15(9-13)19(20)21/h2-9,17H,10-11,16H2,1H3. The van der Waals surface area contributed by atoms with Crippen LogP contribution >= 0.6 is 0 Å². The number of nitrogens with one attached hydrogen (secondary N) is 1. The molecular weight excluding hydrogens is 268 g/mol. The molecule has 0 heterocycles. The predicted molar refractivity (Wildman–Crippen MR) is 82.5 cm³/mol. The maximum atomic E-state index is 11.0. The number of nitrogen functional groups attached to an aromatic ring is 1. The second kappa shape index (κ2) is 6.83. The van der Waals surface area contributed by atoms with Crippen LogP contribution < -0.4 is 11.3 Å². The van der Waals surface area contributed by atoms with Crippen molar-refractivity contribution in [3.05, 3.63) is 69.8 Å². The third-order valence-corrected chi connectivity index (χ3v) is 3.16. The minimum absolute atomic E-state index is 0.0110. The Morgan fingerprint density at radius 2 is 1.81 bits per heavy atom. The predicted octanol–water partition coefficient (Wildman–Crippen LogP) is 2.51. The normalized spacial score (nSPS) is 10.6. The monoisotopic (exact) mass is 286 g/mol. The van der Waals surface area contributed by atoms with E-state index in [-0.39, 0.29) is 5.69 Å². The molecule has 110 valence electrons. The number of benzene rings is 2. The number of rotatable bonds is 6. The number of nitrogens with zero attached hydrogens (tertiary/aromatic N) is 2. The lowest BCUT2D eigenvalue weighted by atomic mass is 10.1. The molecule has 0 aromatic heterocycles. The Kier molecular flexibility index (Phi) is 4.86. The molecule has 21 heavy (non-hydrogen) atoms. The van der Waals surface area contributed by atoms with Gasteiger partial charge in [-0.05, 0) is 24.2 Å². The van der Waals surface area contributed by atoms with Gasteiger partial charge in [0.15, 0.2) is 0 Å². The zero-order chi connectivity index (χ0) is 15.2. The van der Waals surface area contributed by atoms with Gasteiger partial charge in [0.1, 0.15) is 5.69 Å². The first-order valence-corrected chi connectivity index (χ1v) is 6.56.